The van der Waals surface area contributed by atoms with E-state index < -0.39 is 5.54 Å². The molecular formula is C19H19ClN4O2S. The Balaban J connectivity index is 1.63. The molecule has 0 aliphatic carbocycles. The molecule has 2 aliphatic rings. The fourth-order valence-electron chi connectivity index (χ4n) is 3.38. The Morgan fingerprint density at radius 1 is 1.44 bits per heavy atom. The van der Waals surface area contributed by atoms with Gasteiger partial charge >= 0.3 is 0 Å². The first kappa shape index (κ1) is 18.3. The Bertz CT molecular complexity index is 918. The number of thioether (sulfide) groups is 1. The molecule has 2 aromatic rings. The number of aromatic nitrogens is 1. The van der Waals surface area contributed by atoms with Crippen molar-refractivity contribution >= 4 is 40.1 Å². The number of amides is 1. The number of alkyl halides is 1. The van der Waals surface area contributed by atoms with Crippen molar-refractivity contribution < 1.29 is 9.53 Å². The van der Waals surface area contributed by atoms with Crippen LogP contribution in [0, 0.1) is 0 Å². The van der Waals surface area contributed by atoms with Crippen LogP contribution in [-0.2, 0) is 22.8 Å². The van der Waals surface area contributed by atoms with Crippen LogP contribution in [0.4, 0.5) is 5.69 Å². The number of hydrogen-bond acceptors (Lipinski definition) is 6. The highest BCUT2D eigenvalue weighted by molar-refractivity contribution is 8.14. The third kappa shape index (κ3) is 3.31. The van der Waals surface area contributed by atoms with Gasteiger partial charge in [0.2, 0.25) is 0 Å². The number of anilines is 1. The molecule has 0 fully saturated rings. The first-order chi connectivity index (χ1) is 13.0. The van der Waals surface area contributed by atoms with E-state index in [1.807, 2.05) is 25.1 Å². The normalized spacial score (nSPS) is 23.8. The maximum atomic E-state index is 12.5. The Labute approximate surface area is 166 Å². The SMILES string of the molecule is CC1OCc2ccc(NC(=O)c3ccc(CCl)cn3)cc2C12CSC(N)=N2. The minimum atomic E-state index is -0.511. The lowest BCUT2D eigenvalue weighted by atomic mass is 9.82. The molecular weight excluding hydrogens is 384 g/mol. The summed E-state index contributed by atoms with van der Waals surface area (Å²) in [4.78, 5) is 21.4. The van der Waals surface area contributed by atoms with Crippen LogP contribution in [0.15, 0.2) is 41.5 Å². The van der Waals surface area contributed by atoms with E-state index in [2.05, 4.69) is 10.3 Å². The van der Waals surface area contributed by atoms with Crippen LogP contribution in [0.3, 0.4) is 0 Å². The van der Waals surface area contributed by atoms with Gasteiger partial charge in [0.15, 0.2) is 5.17 Å². The second-order valence-corrected chi connectivity index (χ2v) is 7.89. The highest BCUT2D eigenvalue weighted by atomic mass is 35.5. The minimum Gasteiger partial charge on any atom is -0.379 e. The number of aliphatic imine (C=N–C) groups is 1. The third-order valence-corrected chi connectivity index (χ3v) is 6.24. The van der Waals surface area contributed by atoms with E-state index in [9.17, 15) is 4.79 Å². The average molecular weight is 403 g/mol. The zero-order chi connectivity index (χ0) is 19.0. The van der Waals surface area contributed by atoms with Gasteiger partial charge in [-0.05, 0) is 41.8 Å². The number of halogens is 1. The molecule has 1 aromatic carbocycles. The topological polar surface area (TPSA) is 89.6 Å². The predicted molar refractivity (Wildman–Crippen MR) is 108 cm³/mol. The van der Waals surface area contributed by atoms with E-state index in [0.717, 1.165) is 22.4 Å². The lowest BCUT2D eigenvalue weighted by molar-refractivity contribution is -0.00896. The van der Waals surface area contributed by atoms with Crippen LogP contribution in [0.25, 0.3) is 0 Å². The number of hydrogen-bond donors (Lipinski definition) is 2. The van der Waals surface area contributed by atoms with E-state index in [1.165, 1.54) is 11.8 Å². The van der Waals surface area contributed by atoms with Crippen LogP contribution in [0.2, 0.25) is 0 Å². The number of amidine groups is 1. The zero-order valence-electron chi connectivity index (χ0n) is 14.7. The Kier molecular flexibility index (Phi) is 4.84. The van der Waals surface area contributed by atoms with Crippen molar-refractivity contribution in [3.8, 4) is 0 Å². The molecule has 0 saturated carbocycles. The summed E-state index contributed by atoms with van der Waals surface area (Å²) in [6, 6.07) is 9.27. The van der Waals surface area contributed by atoms with Gasteiger partial charge in [-0.25, -0.2) is 4.99 Å². The maximum absolute atomic E-state index is 12.5. The number of nitrogens with two attached hydrogens (primary N) is 1. The van der Waals surface area contributed by atoms with E-state index in [0.29, 0.717) is 29.0 Å². The van der Waals surface area contributed by atoms with Crippen LogP contribution in [-0.4, -0.2) is 27.9 Å². The Hall–Kier alpha value is -2.09. The number of fused-ring (bicyclic) bond motifs is 2. The molecule has 3 heterocycles. The first-order valence-electron chi connectivity index (χ1n) is 8.57. The lowest BCUT2D eigenvalue weighted by Crippen LogP contribution is -2.42. The Morgan fingerprint density at radius 3 is 2.96 bits per heavy atom. The summed E-state index contributed by atoms with van der Waals surface area (Å²) in [7, 11) is 0. The van der Waals surface area contributed by atoms with E-state index in [-0.39, 0.29) is 12.0 Å². The van der Waals surface area contributed by atoms with Gasteiger partial charge in [0.25, 0.3) is 5.91 Å². The van der Waals surface area contributed by atoms with Crippen molar-refractivity contribution in [2.75, 3.05) is 11.1 Å². The largest absolute Gasteiger partial charge is 0.379 e. The number of rotatable bonds is 3. The first-order valence-corrected chi connectivity index (χ1v) is 10.1. The molecule has 4 rings (SSSR count). The molecule has 2 unspecified atom stereocenters. The van der Waals surface area contributed by atoms with Crippen LogP contribution < -0.4 is 11.1 Å². The molecule has 0 saturated heterocycles. The second-order valence-electron chi connectivity index (χ2n) is 6.63. The number of carbonyl (C=O) groups excluding carboxylic acids is 1. The van der Waals surface area contributed by atoms with Gasteiger partial charge in [-0.1, -0.05) is 23.9 Å². The number of carbonyl (C=O) groups is 1. The van der Waals surface area contributed by atoms with Gasteiger partial charge in [-0.2, -0.15) is 0 Å². The van der Waals surface area contributed by atoms with E-state index in [1.54, 1.807) is 18.3 Å². The molecule has 0 bridgehead atoms. The average Bonchev–Trinajstić information content (AvgIpc) is 3.08. The number of benzene rings is 1. The number of pyridine rings is 1. The maximum Gasteiger partial charge on any atom is 0.274 e. The van der Waals surface area contributed by atoms with Gasteiger partial charge in [-0.15, -0.1) is 11.6 Å². The van der Waals surface area contributed by atoms with Crippen molar-refractivity contribution in [2.45, 2.75) is 31.1 Å². The molecule has 6 nitrogen and oxygen atoms in total. The number of ether oxygens (including phenoxy) is 1. The highest BCUT2D eigenvalue weighted by Gasteiger charge is 2.46. The molecule has 1 amide bonds. The standard InChI is InChI=1S/C19H19ClN4O2S/c1-11-19(10-27-18(21)24-19)15-6-14(4-3-13(15)9-26-11)23-17(25)16-5-2-12(7-20)8-22-16/h2-6,8,11H,7,9-10H2,1H3,(H2,21,24)(H,23,25). The van der Waals surface area contributed by atoms with Crippen molar-refractivity contribution in [1.82, 2.24) is 4.98 Å². The predicted octanol–water partition coefficient (Wildman–Crippen LogP) is 3.25. The highest BCUT2D eigenvalue weighted by Crippen LogP contribution is 2.45. The van der Waals surface area contributed by atoms with Crippen LogP contribution in [0.1, 0.15) is 34.1 Å². The van der Waals surface area contributed by atoms with E-state index in [4.69, 9.17) is 27.1 Å². The van der Waals surface area contributed by atoms with Gasteiger partial charge in [0.05, 0.1) is 12.7 Å². The molecule has 0 radical (unpaired) electrons. The smallest absolute Gasteiger partial charge is 0.274 e. The molecule has 2 atom stereocenters. The molecule has 2 aliphatic heterocycles. The molecule has 3 N–H and O–H groups in total. The van der Waals surface area contributed by atoms with E-state index >= 15 is 0 Å². The minimum absolute atomic E-state index is 0.0886. The van der Waals surface area contributed by atoms with Crippen molar-refractivity contribution in [3.63, 3.8) is 0 Å². The summed E-state index contributed by atoms with van der Waals surface area (Å²) in [5, 5.41) is 3.48. The molecule has 1 aromatic heterocycles. The Morgan fingerprint density at radius 2 is 2.30 bits per heavy atom. The fourth-order valence-corrected chi connectivity index (χ4v) is 4.59. The van der Waals surface area contributed by atoms with Gasteiger partial charge < -0.3 is 15.8 Å². The molecule has 8 heteroatoms. The quantitative estimate of drug-likeness (QED) is 0.769. The summed E-state index contributed by atoms with van der Waals surface area (Å²) in [5.41, 5.74) is 9.46. The molecule has 1 spiro atoms. The lowest BCUT2D eigenvalue weighted by Gasteiger charge is -2.38. The second kappa shape index (κ2) is 7.14. The number of nitrogens with zero attached hydrogens (tertiary/aromatic N) is 2. The molecule has 27 heavy (non-hydrogen) atoms. The third-order valence-electron chi connectivity index (χ3n) is 4.96. The summed E-state index contributed by atoms with van der Waals surface area (Å²) in [5.74, 6) is 0.823. The monoisotopic (exact) mass is 402 g/mol. The summed E-state index contributed by atoms with van der Waals surface area (Å²) < 4.78 is 5.92. The van der Waals surface area contributed by atoms with Crippen molar-refractivity contribution in [1.29, 1.82) is 0 Å². The van der Waals surface area contributed by atoms with Crippen molar-refractivity contribution in [2.24, 2.45) is 10.7 Å². The van der Waals surface area contributed by atoms with Gasteiger partial charge in [-0.3, -0.25) is 9.78 Å². The zero-order valence-corrected chi connectivity index (χ0v) is 16.3. The van der Waals surface area contributed by atoms with Crippen LogP contribution >= 0.6 is 23.4 Å². The van der Waals surface area contributed by atoms with Gasteiger partial charge in [0.1, 0.15) is 11.2 Å². The van der Waals surface area contributed by atoms with Crippen LogP contribution in [0.5, 0.6) is 0 Å². The number of nitrogens with one attached hydrogen (secondary N) is 1. The summed E-state index contributed by atoms with van der Waals surface area (Å²) in [6.07, 6.45) is 1.52. The molecule has 140 valence electrons. The summed E-state index contributed by atoms with van der Waals surface area (Å²) >= 11 is 7.30. The van der Waals surface area contributed by atoms with Crippen molar-refractivity contribution in [3.05, 3.63) is 58.9 Å². The fraction of sp³-hybridized carbons (Fsp3) is 0.316. The van der Waals surface area contributed by atoms with Gasteiger partial charge in [0, 0.05) is 23.5 Å². The summed E-state index contributed by atoms with van der Waals surface area (Å²) in [6.45, 7) is 2.53.